The molecular weight excluding hydrogens is 406 g/mol. The summed E-state index contributed by atoms with van der Waals surface area (Å²) in [7, 11) is 0. The molecule has 31 heavy (non-hydrogen) atoms. The first kappa shape index (κ1) is 22.8. The highest BCUT2D eigenvalue weighted by Gasteiger charge is 2.16. The van der Waals surface area contributed by atoms with Gasteiger partial charge in [-0.15, -0.1) is 0 Å². The van der Waals surface area contributed by atoms with E-state index in [1.807, 2.05) is 43.3 Å². The highest BCUT2D eigenvalue weighted by atomic mass is 32.2. The zero-order valence-corrected chi connectivity index (χ0v) is 19.0. The summed E-state index contributed by atoms with van der Waals surface area (Å²) in [6.45, 7) is 5.85. The highest BCUT2D eigenvalue weighted by molar-refractivity contribution is 7.99. The van der Waals surface area contributed by atoms with E-state index in [1.165, 1.54) is 22.9 Å². The summed E-state index contributed by atoms with van der Waals surface area (Å²) in [6, 6.07) is 20.3. The average molecular weight is 436 g/mol. The summed E-state index contributed by atoms with van der Waals surface area (Å²) < 4.78 is 0. The van der Waals surface area contributed by atoms with Gasteiger partial charge < -0.3 is 10.3 Å². The fraction of sp³-hybridized carbons (Fsp3) is 0.320. The van der Waals surface area contributed by atoms with Crippen LogP contribution in [0.3, 0.4) is 0 Å². The molecule has 2 aromatic carbocycles. The Labute approximate surface area is 187 Å². The number of amides is 1. The van der Waals surface area contributed by atoms with Crippen molar-refractivity contribution in [3.05, 3.63) is 93.4 Å². The zero-order chi connectivity index (χ0) is 22.2. The Morgan fingerprint density at radius 2 is 1.71 bits per heavy atom. The zero-order valence-electron chi connectivity index (χ0n) is 18.2. The molecule has 0 spiro atoms. The van der Waals surface area contributed by atoms with Gasteiger partial charge in [0.25, 0.3) is 5.56 Å². The number of aromatic nitrogens is 2. The third-order valence-electron chi connectivity index (χ3n) is 5.21. The fourth-order valence-corrected chi connectivity index (χ4v) is 4.36. The summed E-state index contributed by atoms with van der Waals surface area (Å²) in [5, 5.41) is 3.72. The number of aromatic amines is 1. The second kappa shape index (κ2) is 11.0. The van der Waals surface area contributed by atoms with E-state index < -0.39 is 0 Å². The van der Waals surface area contributed by atoms with Crippen LogP contribution in [0.4, 0.5) is 0 Å². The van der Waals surface area contributed by atoms with Crippen molar-refractivity contribution < 1.29 is 4.79 Å². The maximum atomic E-state index is 12.6. The predicted molar refractivity (Wildman–Crippen MR) is 126 cm³/mol. The van der Waals surface area contributed by atoms with E-state index >= 15 is 0 Å². The van der Waals surface area contributed by atoms with E-state index in [-0.39, 0.29) is 29.2 Å². The number of nitrogens with one attached hydrogen (secondary N) is 2. The molecule has 0 fully saturated rings. The lowest BCUT2D eigenvalue weighted by Gasteiger charge is -2.15. The quantitative estimate of drug-likeness (QED) is 0.380. The molecule has 2 atom stereocenters. The second-order valence-electron chi connectivity index (χ2n) is 7.78. The Hall–Kier alpha value is -2.86. The van der Waals surface area contributed by atoms with Gasteiger partial charge in [-0.2, -0.15) is 0 Å². The molecular formula is C25H29N3O2S. The van der Waals surface area contributed by atoms with E-state index in [1.54, 1.807) is 6.92 Å². The number of benzene rings is 2. The van der Waals surface area contributed by atoms with Gasteiger partial charge in [-0.3, -0.25) is 9.59 Å². The van der Waals surface area contributed by atoms with Crippen LogP contribution in [0.5, 0.6) is 0 Å². The van der Waals surface area contributed by atoms with Crippen molar-refractivity contribution in [1.82, 2.24) is 15.3 Å². The number of nitrogens with zero attached hydrogens (tertiary/aromatic N) is 1. The first-order valence-corrected chi connectivity index (χ1v) is 11.4. The molecule has 0 radical (unpaired) electrons. The molecule has 3 aromatic rings. The lowest BCUT2D eigenvalue weighted by Crippen LogP contribution is -2.35. The van der Waals surface area contributed by atoms with Crippen molar-refractivity contribution in [3.8, 4) is 0 Å². The number of thioether (sulfide) groups is 1. The van der Waals surface area contributed by atoms with E-state index in [0.717, 1.165) is 12.8 Å². The number of hydrogen-bond donors (Lipinski definition) is 2. The van der Waals surface area contributed by atoms with Gasteiger partial charge in [-0.1, -0.05) is 72.4 Å². The molecule has 5 nitrogen and oxygen atoms in total. The van der Waals surface area contributed by atoms with Crippen molar-refractivity contribution in [1.29, 1.82) is 0 Å². The van der Waals surface area contributed by atoms with Gasteiger partial charge in [0.2, 0.25) is 5.91 Å². The molecule has 0 aliphatic rings. The van der Waals surface area contributed by atoms with Crippen molar-refractivity contribution in [2.24, 2.45) is 0 Å². The molecule has 1 amide bonds. The Morgan fingerprint density at radius 1 is 1.06 bits per heavy atom. The molecule has 2 unspecified atom stereocenters. The first-order chi connectivity index (χ1) is 14.9. The molecule has 0 aliphatic carbocycles. The monoisotopic (exact) mass is 435 g/mol. The van der Waals surface area contributed by atoms with Crippen molar-refractivity contribution in [2.75, 3.05) is 0 Å². The van der Waals surface area contributed by atoms with Crippen molar-refractivity contribution in [2.45, 2.75) is 56.5 Å². The molecule has 0 saturated carbocycles. The number of H-pyrrole nitrogens is 1. The summed E-state index contributed by atoms with van der Waals surface area (Å²) in [5.74, 6) is -0.158. The molecule has 1 heterocycles. The summed E-state index contributed by atoms with van der Waals surface area (Å²) in [5.41, 5.74) is 3.18. The Bertz CT molecular complexity index is 1050. The van der Waals surface area contributed by atoms with Gasteiger partial charge in [0.05, 0.1) is 6.42 Å². The Morgan fingerprint density at radius 3 is 2.35 bits per heavy atom. The number of carbonyl (C=O) groups excluding carboxylic acids is 1. The predicted octanol–water partition coefficient (Wildman–Crippen LogP) is 4.61. The SMILES string of the molecule is Cc1nc(SC(C)c2ccccc2)[nH]c(=O)c1CC(=O)NC(C)CCc1ccccc1. The highest BCUT2D eigenvalue weighted by Crippen LogP contribution is 2.32. The van der Waals surface area contributed by atoms with Gasteiger partial charge >= 0.3 is 0 Å². The lowest BCUT2D eigenvalue weighted by atomic mass is 10.1. The maximum Gasteiger partial charge on any atom is 0.255 e. The van der Waals surface area contributed by atoms with Crippen LogP contribution in [0.15, 0.2) is 70.6 Å². The van der Waals surface area contributed by atoms with Crippen molar-refractivity contribution >= 4 is 17.7 Å². The van der Waals surface area contributed by atoms with Gasteiger partial charge in [-0.25, -0.2) is 4.98 Å². The van der Waals surface area contributed by atoms with Crippen molar-refractivity contribution in [3.63, 3.8) is 0 Å². The van der Waals surface area contributed by atoms with Crippen LogP contribution >= 0.6 is 11.8 Å². The fourth-order valence-electron chi connectivity index (χ4n) is 3.39. The molecule has 0 saturated heterocycles. The number of aryl methyl sites for hydroxylation is 2. The maximum absolute atomic E-state index is 12.6. The number of hydrogen-bond acceptors (Lipinski definition) is 4. The number of carbonyl (C=O) groups is 1. The minimum Gasteiger partial charge on any atom is -0.353 e. The minimum absolute atomic E-state index is 0.0293. The van der Waals surface area contributed by atoms with Gasteiger partial charge in [0.15, 0.2) is 5.16 Å². The first-order valence-electron chi connectivity index (χ1n) is 10.6. The number of rotatable bonds is 9. The third kappa shape index (κ3) is 6.82. The molecule has 162 valence electrons. The molecule has 0 bridgehead atoms. The summed E-state index contributed by atoms with van der Waals surface area (Å²) in [4.78, 5) is 32.5. The average Bonchev–Trinajstić information content (AvgIpc) is 2.76. The molecule has 1 aromatic heterocycles. The smallest absolute Gasteiger partial charge is 0.255 e. The van der Waals surface area contributed by atoms with E-state index in [4.69, 9.17) is 0 Å². The van der Waals surface area contributed by atoms with E-state index in [9.17, 15) is 9.59 Å². The van der Waals surface area contributed by atoms with Crippen LogP contribution in [0.2, 0.25) is 0 Å². The van der Waals surface area contributed by atoms with Crippen LogP contribution in [0, 0.1) is 6.92 Å². The second-order valence-corrected chi connectivity index (χ2v) is 9.10. The standard InChI is InChI=1S/C25H29N3O2S/c1-17(14-15-20-10-6-4-7-11-20)26-23(29)16-22-18(2)27-25(28-24(22)30)31-19(3)21-12-8-5-9-13-21/h4-13,17,19H,14-16H2,1-3H3,(H,26,29)(H,27,28,30). The topological polar surface area (TPSA) is 74.8 Å². The van der Waals surface area contributed by atoms with Crippen LogP contribution in [0.1, 0.15) is 47.9 Å². The largest absolute Gasteiger partial charge is 0.353 e. The third-order valence-corrected chi connectivity index (χ3v) is 6.25. The van der Waals surface area contributed by atoms with Crippen LogP contribution in [-0.2, 0) is 17.6 Å². The molecule has 0 aliphatic heterocycles. The molecule has 6 heteroatoms. The van der Waals surface area contributed by atoms with Crippen LogP contribution < -0.4 is 10.9 Å². The normalized spacial score (nSPS) is 12.9. The molecule has 2 N–H and O–H groups in total. The minimum atomic E-state index is -0.248. The van der Waals surface area contributed by atoms with Crippen LogP contribution in [-0.4, -0.2) is 21.9 Å². The lowest BCUT2D eigenvalue weighted by molar-refractivity contribution is -0.121. The Kier molecular flexibility index (Phi) is 8.06. The summed E-state index contributed by atoms with van der Waals surface area (Å²) in [6.07, 6.45) is 1.77. The molecule has 3 rings (SSSR count). The van der Waals surface area contributed by atoms with E-state index in [2.05, 4.69) is 46.5 Å². The Balaban J connectivity index is 1.57. The van der Waals surface area contributed by atoms with Gasteiger partial charge in [0, 0.05) is 22.5 Å². The van der Waals surface area contributed by atoms with E-state index in [0.29, 0.717) is 16.4 Å². The summed E-state index contributed by atoms with van der Waals surface area (Å²) >= 11 is 1.50. The van der Waals surface area contributed by atoms with Crippen LogP contribution in [0.25, 0.3) is 0 Å². The van der Waals surface area contributed by atoms with Gasteiger partial charge in [0.1, 0.15) is 0 Å². The van der Waals surface area contributed by atoms with Gasteiger partial charge in [-0.05, 0) is 44.7 Å².